The summed E-state index contributed by atoms with van der Waals surface area (Å²) in [5, 5.41) is 13.8. The van der Waals surface area contributed by atoms with Gasteiger partial charge in [0.25, 0.3) is 5.91 Å². The maximum absolute atomic E-state index is 13.2. The summed E-state index contributed by atoms with van der Waals surface area (Å²) in [5.74, 6) is -0.921. The molecule has 0 unspecified atom stereocenters. The number of halogens is 6. The van der Waals surface area contributed by atoms with E-state index in [4.69, 9.17) is 0 Å². The first-order valence-corrected chi connectivity index (χ1v) is 9.21. The summed E-state index contributed by atoms with van der Waals surface area (Å²) in [5.41, 5.74) is -1.58. The molecule has 0 spiro atoms. The van der Waals surface area contributed by atoms with Crippen molar-refractivity contribution in [2.75, 3.05) is 5.32 Å². The van der Waals surface area contributed by atoms with Crippen molar-refractivity contribution in [2.24, 2.45) is 0 Å². The van der Waals surface area contributed by atoms with Crippen LogP contribution < -0.4 is 5.32 Å². The van der Waals surface area contributed by atoms with Crippen LogP contribution in [0.4, 0.5) is 32.2 Å². The molecular weight excluding hydrogens is 454 g/mol. The number of hydrogen-bond donors (Lipinski definition) is 1. The van der Waals surface area contributed by atoms with Crippen LogP contribution in [0.1, 0.15) is 27.3 Å². The maximum atomic E-state index is 13.2. The van der Waals surface area contributed by atoms with Gasteiger partial charge in [-0.3, -0.25) is 14.5 Å². The minimum Gasteiger partial charge on any atom is -0.303 e. The van der Waals surface area contributed by atoms with Crippen molar-refractivity contribution >= 4 is 22.6 Å². The Bertz CT molecular complexity index is 1300. The Hall–Kier alpha value is -4.03. The highest BCUT2D eigenvalue weighted by Gasteiger charge is 2.33. The number of aromatic nitrogens is 5. The highest BCUT2D eigenvalue weighted by atomic mass is 19.4. The van der Waals surface area contributed by atoms with Crippen LogP contribution in [0.25, 0.3) is 10.9 Å². The predicted molar refractivity (Wildman–Crippen MR) is 103 cm³/mol. The van der Waals surface area contributed by atoms with E-state index < -0.39 is 29.5 Å². The third kappa shape index (κ3) is 4.76. The zero-order valence-corrected chi connectivity index (χ0v) is 16.3. The van der Waals surface area contributed by atoms with E-state index >= 15 is 0 Å². The average Bonchev–Trinajstić information content (AvgIpc) is 3.10. The number of pyridine rings is 1. The molecule has 0 bridgehead atoms. The van der Waals surface area contributed by atoms with Gasteiger partial charge < -0.3 is 5.32 Å². The third-order valence-electron chi connectivity index (χ3n) is 4.56. The molecule has 4 aromatic rings. The van der Waals surface area contributed by atoms with E-state index in [9.17, 15) is 31.1 Å². The van der Waals surface area contributed by atoms with Crippen molar-refractivity contribution < 1.29 is 31.1 Å². The molecule has 0 aliphatic heterocycles. The van der Waals surface area contributed by atoms with Crippen LogP contribution in [0.5, 0.6) is 0 Å². The van der Waals surface area contributed by atoms with Crippen LogP contribution in [0.3, 0.4) is 0 Å². The average molecular weight is 466 g/mol. The minimum atomic E-state index is -4.64. The van der Waals surface area contributed by atoms with E-state index in [0.29, 0.717) is 5.56 Å². The number of alkyl halides is 6. The molecule has 0 radical (unpaired) electrons. The van der Waals surface area contributed by atoms with Gasteiger partial charge in [-0.1, -0.05) is 6.07 Å². The molecule has 0 aliphatic rings. The third-order valence-corrected chi connectivity index (χ3v) is 4.56. The van der Waals surface area contributed by atoms with Crippen molar-refractivity contribution in [3.8, 4) is 0 Å². The van der Waals surface area contributed by atoms with Gasteiger partial charge in [-0.2, -0.15) is 36.5 Å². The molecule has 0 fully saturated rings. The Morgan fingerprint density at radius 3 is 2.39 bits per heavy atom. The molecule has 0 saturated heterocycles. The summed E-state index contributed by atoms with van der Waals surface area (Å²) >= 11 is 0. The lowest BCUT2D eigenvalue weighted by Crippen LogP contribution is -2.15. The molecule has 4 rings (SSSR count). The van der Waals surface area contributed by atoms with Crippen molar-refractivity contribution in [2.45, 2.75) is 18.9 Å². The van der Waals surface area contributed by atoms with Gasteiger partial charge in [0.15, 0.2) is 11.5 Å². The summed E-state index contributed by atoms with van der Waals surface area (Å²) < 4.78 is 79.1. The first-order chi connectivity index (χ1) is 15.5. The van der Waals surface area contributed by atoms with Crippen molar-refractivity contribution in [3.05, 3.63) is 77.4 Å². The number of carbonyl (C=O) groups excluding carboxylic acids is 1. The smallest absolute Gasteiger partial charge is 0.303 e. The summed E-state index contributed by atoms with van der Waals surface area (Å²) in [6, 6.07) is 7.63. The molecule has 0 atom stereocenters. The van der Waals surface area contributed by atoms with Crippen molar-refractivity contribution in [3.63, 3.8) is 0 Å². The summed E-state index contributed by atoms with van der Waals surface area (Å²) in [4.78, 5) is 15.8. The molecule has 13 heteroatoms. The number of fused-ring (bicyclic) bond motifs is 1. The van der Waals surface area contributed by atoms with Gasteiger partial charge in [0, 0.05) is 17.8 Å². The molecule has 7 nitrogen and oxygen atoms in total. The molecule has 1 aromatic carbocycles. The number of hydrogen-bond acceptors (Lipinski definition) is 5. The second kappa shape index (κ2) is 8.15. The largest absolute Gasteiger partial charge is 0.433 e. The molecule has 0 saturated carbocycles. The molecule has 3 aromatic heterocycles. The topological polar surface area (TPSA) is 85.6 Å². The normalized spacial score (nSPS) is 12.2. The minimum absolute atomic E-state index is 0.0121. The molecular formula is C20H12F6N6O. The van der Waals surface area contributed by atoms with E-state index in [-0.39, 0.29) is 29.0 Å². The van der Waals surface area contributed by atoms with Gasteiger partial charge in [0.05, 0.1) is 17.6 Å². The Balaban J connectivity index is 1.73. The van der Waals surface area contributed by atoms with E-state index in [1.54, 1.807) is 0 Å². The Morgan fingerprint density at radius 1 is 1.00 bits per heavy atom. The van der Waals surface area contributed by atoms with Gasteiger partial charge >= 0.3 is 12.4 Å². The standard InChI is InChI=1S/C20H12F6N6O/c21-19(22,23)12-4-5-15-13(8-12)17(29-18(33)14-2-1-7-28-30-14)31-32(15)10-11-3-6-16(27-9-11)20(24,25)26/h1-9H,10H2,(H,29,31,33). The van der Waals surface area contributed by atoms with Gasteiger partial charge in [-0.05, 0) is 42.0 Å². The van der Waals surface area contributed by atoms with Gasteiger partial charge in [0.2, 0.25) is 0 Å². The lowest BCUT2D eigenvalue weighted by Gasteiger charge is -2.08. The quantitative estimate of drug-likeness (QED) is 0.446. The molecule has 1 amide bonds. The summed E-state index contributed by atoms with van der Waals surface area (Å²) in [6.45, 7) is -0.103. The van der Waals surface area contributed by atoms with Gasteiger partial charge in [-0.25, -0.2) is 0 Å². The second-order valence-corrected chi connectivity index (χ2v) is 6.85. The zero-order chi connectivity index (χ0) is 23.8. The van der Waals surface area contributed by atoms with Crippen LogP contribution >= 0.6 is 0 Å². The Kier molecular flexibility index (Phi) is 5.47. The lowest BCUT2D eigenvalue weighted by atomic mass is 10.1. The molecule has 1 N–H and O–H groups in total. The number of benzene rings is 1. The number of nitrogens with one attached hydrogen (secondary N) is 1. The van der Waals surface area contributed by atoms with Crippen molar-refractivity contribution in [1.82, 2.24) is 25.0 Å². The van der Waals surface area contributed by atoms with Gasteiger partial charge in [0.1, 0.15) is 5.69 Å². The van der Waals surface area contributed by atoms with Crippen LogP contribution in [-0.4, -0.2) is 30.9 Å². The fourth-order valence-electron chi connectivity index (χ4n) is 3.02. The van der Waals surface area contributed by atoms with E-state index in [2.05, 4.69) is 25.6 Å². The highest BCUT2D eigenvalue weighted by Crippen LogP contribution is 2.34. The first-order valence-electron chi connectivity index (χ1n) is 9.21. The second-order valence-electron chi connectivity index (χ2n) is 6.85. The maximum Gasteiger partial charge on any atom is 0.433 e. The van der Waals surface area contributed by atoms with Crippen LogP contribution in [0.2, 0.25) is 0 Å². The zero-order valence-electron chi connectivity index (χ0n) is 16.3. The molecule has 170 valence electrons. The number of amides is 1. The predicted octanol–water partition coefficient (Wildman–Crippen LogP) is 4.56. The number of nitrogens with zero attached hydrogens (tertiary/aromatic N) is 5. The highest BCUT2D eigenvalue weighted by molar-refractivity contribution is 6.06. The monoisotopic (exact) mass is 466 g/mol. The lowest BCUT2D eigenvalue weighted by molar-refractivity contribution is -0.141. The Labute approximate surface area is 181 Å². The number of rotatable bonds is 4. The van der Waals surface area contributed by atoms with Gasteiger partial charge in [-0.15, -0.1) is 5.10 Å². The van der Waals surface area contributed by atoms with Crippen LogP contribution in [-0.2, 0) is 18.9 Å². The van der Waals surface area contributed by atoms with Crippen molar-refractivity contribution in [1.29, 1.82) is 0 Å². The summed E-state index contributed by atoms with van der Waals surface area (Å²) in [7, 11) is 0. The number of carbonyl (C=O) groups is 1. The summed E-state index contributed by atoms with van der Waals surface area (Å²) in [6.07, 6.45) is -6.91. The molecule has 33 heavy (non-hydrogen) atoms. The number of anilines is 1. The molecule has 3 heterocycles. The first kappa shape index (κ1) is 22.2. The fourth-order valence-corrected chi connectivity index (χ4v) is 3.02. The SMILES string of the molecule is O=C(Nc1nn(Cc2ccc(C(F)(F)F)nc2)c2ccc(C(F)(F)F)cc12)c1cccnn1. The van der Waals surface area contributed by atoms with Crippen LogP contribution in [0.15, 0.2) is 54.9 Å². The van der Waals surface area contributed by atoms with E-state index in [0.717, 1.165) is 24.4 Å². The fraction of sp³-hybridized carbons (Fsp3) is 0.150. The van der Waals surface area contributed by atoms with E-state index in [1.807, 2.05) is 0 Å². The Morgan fingerprint density at radius 2 is 1.79 bits per heavy atom. The molecule has 0 aliphatic carbocycles. The van der Waals surface area contributed by atoms with E-state index in [1.165, 1.54) is 35.1 Å². The van der Waals surface area contributed by atoms with Crippen LogP contribution in [0, 0.1) is 0 Å².